The van der Waals surface area contributed by atoms with Crippen molar-refractivity contribution in [2.75, 3.05) is 13.2 Å². The molecule has 0 saturated carbocycles. The second-order valence-corrected chi connectivity index (χ2v) is 4.11. The van der Waals surface area contributed by atoms with Crippen LogP contribution in [0.4, 0.5) is 0 Å². The lowest BCUT2D eigenvalue weighted by atomic mass is 9.72. The van der Waals surface area contributed by atoms with Crippen LogP contribution in [0.2, 0.25) is 0 Å². The van der Waals surface area contributed by atoms with Crippen molar-refractivity contribution in [2.24, 2.45) is 0 Å². The molecule has 0 unspecified atom stereocenters. The Kier molecular flexibility index (Phi) is 2.87. The van der Waals surface area contributed by atoms with Crippen LogP contribution in [-0.2, 0) is 10.2 Å². The second kappa shape index (κ2) is 4.14. The van der Waals surface area contributed by atoms with Crippen molar-refractivity contribution in [1.29, 1.82) is 0 Å². The Labute approximate surface area is 86.1 Å². The first-order chi connectivity index (χ1) is 6.87. The number of hydrogen-bond acceptors (Lipinski definition) is 1. The molecule has 0 bridgehead atoms. The summed E-state index contributed by atoms with van der Waals surface area (Å²) in [6, 6.07) is 10.9. The quantitative estimate of drug-likeness (QED) is 0.696. The van der Waals surface area contributed by atoms with Crippen LogP contribution in [0.1, 0.15) is 31.7 Å². The summed E-state index contributed by atoms with van der Waals surface area (Å²) in [6.45, 7) is 4.13. The summed E-state index contributed by atoms with van der Waals surface area (Å²) in [5.41, 5.74) is 1.88. The van der Waals surface area contributed by atoms with Crippen LogP contribution in [0.3, 0.4) is 0 Å². The molecule has 1 aliphatic rings. The van der Waals surface area contributed by atoms with Crippen LogP contribution in [0.15, 0.2) is 30.3 Å². The highest BCUT2D eigenvalue weighted by Crippen LogP contribution is 2.37. The van der Waals surface area contributed by atoms with E-state index in [1.807, 2.05) is 0 Å². The highest BCUT2D eigenvalue weighted by molar-refractivity contribution is 5.25. The molecule has 14 heavy (non-hydrogen) atoms. The number of ether oxygens (including phenoxy) is 1. The molecule has 0 N–H and O–H groups in total. The van der Waals surface area contributed by atoms with Gasteiger partial charge in [-0.15, -0.1) is 0 Å². The normalized spacial score (nSPS) is 20.6. The van der Waals surface area contributed by atoms with E-state index in [4.69, 9.17) is 4.74 Å². The van der Waals surface area contributed by atoms with Crippen LogP contribution in [0, 0.1) is 0 Å². The van der Waals surface area contributed by atoms with E-state index in [0.29, 0.717) is 5.41 Å². The van der Waals surface area contributed by atoms with Crippen LogP contribution in [0.25, 0.3) is 0 Å². The van der Waals surface area contributed by atoms with Crippen molar-refractivity contribution in [3.8, 4) is 0 Å². The largest absolute Gasteiger partial charge is 0.381 e. The van der Waals surface area contributed by atoms with Crippen LogP contribution < -0.4 is 0 Å². The van der Waals surface area contributed by atoms with Gasteiger partial charge in [-0.1, -0.05) is 37.3 Å². The zero-order valence-corrected chi connectivity index (χ0v) is 8.83. The molecule has 0 amide bonds. The van der Waals surface area contributed by atoms with Gasteiger partial charge < -0.3 is 4.74 Å². The summed E-state index contributed by atoms with van der Waals surface area (Å²) in [4.78, 5) is 0. The lowest BCUT2D eigenvalue weighted by Gasteiger charge is -2.37. The van der Waals surface area contributed by atoms with Crippen molar-refractivity contribution in [1.82, 2.24) is 0 Å². The van der Waals surface area contributed by atoms with Crippen molar-refractivity contribution < 1.29 is 4.74 Å². The minimum atomic E-state index is 0.388. The Bertz CT molecular complexity index is 273. The molecule has 1 fully saturated rings. The van der Waals surface area contributed by atoms with Crippen LogP contribution >= 0.6 is 0 Å². The van der Waals surface area contributed by atoms with Crippen molar-refractivity contribution >= 4 is 0 Å². The van der Waals surface area contributed by atoms with E-state index in [9.17, 15) is 0 Å². The van der Waals surface area contributed by atoms with Gasteiger partial charge in [0.15, 0.2) is 0 Å². The first-order valence-electron chi connectivity index (χ1n) is 5.51. The Balaban J connectivity index is 2.27. The molecular formula is C13H18O. The second-order valence-electron chi connectivity index (χ2n) is 4.11. The molecule has 0 spiro atoms. The molecule has 1 aliphatic heterocycles. The van der Waals surface area contributed by atoms with Crippen molar-refractivity contribution in [2.45, 2.75) is 31.6 Å². The van der Waals surface area contributed by atoms with Gasteiger partial charge in [0.05, 0.1) is 0 Å². The third-order valence-electron chi connectivity index (χ3n) is 3.51. The zero-order valence-electron chi connectivity index (χ0n) is 8.83. The number of benzene rings is 1. The maximum atomic E-state index is 5.45. The lowest BCUT2D eigenvalue weighted by molar-refractivity contribution is 0.0485. The Morgan fingerprint density at radius 3 is 2.36 bits per heavy atom. The molecule has 1 aromatic carbocycles. The fourth-order valence-electron chi connectivity index (χ4n) is 2.40. The zero-order chi connectivity index (χ0) is 9.86. The van der Waals surface area contributed by atoms with E-state index in [1.54, 1.807) is 0 Å². The van der Waals surface area contributed by atoms with Gasteiger partial charge in [-0.25, -0.2) is 0 Å². The molecule has 0 aliphatic carbocycles. The van der Waals surface area contributed by atoms with Gasteiger partial charge in [0.1, 0.15) is 0 Å². The van der Waals surface area contributed by atoms with Gasteiger partial charge in [0.2, 0.25) is 0 Å². The molecule has 1 heteroatoms. The van der Waals surface area contributed by atoms with Gasteiger partial charge in [0, 0.05) is 13.2 Å². The predicted molar refractivity (Wildman–Crippen MR) is 58.5 cm³/mol. The lowest BCUT2D eigenvalue weighted by Crippen LogP contribution is -2.33. The Hall–Kier alpha value is -0.820. The fraction of sp³-hybridized carbons (Fsp3) is 0.538. The first kappa shape index (κ1) is 9.72. The maximum absolute atomic E-state index is 5.45. The SMILES string of the molecule is CCC1(c2ccccc2)CCOCC1. The molecule has 1 nitrogen and oxygen atoms in total. The summed E-state index contributed by atoms with van der Waals surface area (Å²) < 4.78 is 5.45. The summed E-state index contributed by atoms with van der Waals surface area (Å²) in [7, 11) is 0. The highest BCUT2D eigenvalue weighted by atomic mass is 16.5. The van der Waals surface area contributed by atoms with Gasteiger partial charge >= 0.3 is 0 Å². The van der Waals surface area contributed by atoms with E-state index >= 15 is 0 Å². The van der Waals surface area contributed by atoms with Crippen molar-refractivity contribution in [3.05, 3.63) is 35.9 Å². The van der Waals surface area contributed by atoms with E-state index in [-0.39, 0.29) is 0 Å². The van der Waals surface area contributed by atoms with Gasteiger partial charge in [-0.3, -0.25) is 0 Å². The summed E-state index contributed by atoms with van der Waals surface area (Å²) in [5.74, 6) is 0. The molecule has 2 rings (SSSR count). The van der Waals surface area contributed by atoms with Crippen LogP contribution in [0.5, 0.6) is 0 Å². The molecule has 0 atom stereocenters. The third-order valence-corrected chi connectivity index (χ3v) is 3.51. The molecule has 1 aromatic rings. The molecule has 1 saturated heterocycles. The van der Waals surface area contributed by atoms with Crippen molar-refractivity contribution in [3.63, 3.8) is 0 Å². The monoisotopic (exact) mass is 190 g/mol. The highest BCUT2D eigenvalue weighted by Gasteiger charge is 2.32. The standard InChI is InChI=1S/C13H18O/c1-2-13(8-10-14-11-9-13)12-6-4-3-5-7-12/h3-7H,2,8-11H2,1H3. The van der Waals surface area contributed by atoms with Gasteiger partial charge in [-0.05, 0) is 30.2 Å². The summed E-state index contributed by atoms with van der Waals surface area (Å²) >= 11 is 0. The van der Waals surface area contributed by atoms with E-state index in [2.05, 4.69) is 37.3 Å². The van der Waals surface area contributed by atoms with E-state index in [1.165, 1.54) is 24.8 Å². The van der Waals surface area contributed by atoms with Gasteiger partial charge in [-0.2, -0.15) is 0 Å². The maximum Gasteiger partial charge on any atom is 0.0474 e. The summed E-state index contributed by atoms with van der Waals surface area (Å²) in [6.07, 6.45) is 3.57. The molecular weight excluding hydrogens is 172 g/mol. The third kappa shape index (κ3) is 1.69. The predicted octanol–water partition coefficient (Wildman–Crippen LogP) is 3.14. The smallest absolute Gasteiger partial charge is 0.0474 e. The topological polar surface area (TPSA) is 9.23 Å². The summed E-state index contributed by atoms with van der Waals surface area (Å²) in [5, 5.41) is 0. The minimum absolute atomic E-state index is 0.388. The van der Waals surface area contributed by atoms with Crippen LogP contribution in [-0.4, -0.2) is 13.2 Å². The molecule has 1 heterocycles. The molecule has 76 valence electrons. The van der Waals surface area contributed by atoms with Gasteiger partial charge in [0.25, 0.3) is 0 Å². The average molecular weight is 190 g/mol. The van der Waals surface area contributed by atoms with E-state index < -0.39 is 0 Å². The first-order valence-corrected chi connectivity index (χ1v) is 5.51. The Morgan fingerprint density at radius 1 is 1.14 bits per heavy atom. The average Bonchev–Trinajstić information content (AvgIpc) is 2.31. The molecule has 0 radical (unpaired) electrons. The minimum Gasteiger partial charge on any atom is -0.381 e. The number of rotatable bonds is 2. The number of hydrogen-bond donors (Lipinski definition) is 0. The Morgan fingerprint density at radius 2 is 1.79 bits per heavy atom. The van der Waals surface area contributed by atoms with E-state index in [0.717, 1.165) is 13.2 Å². The molecule has 0 aromatic heterocycles. The fourth-order valence-corrected chi connectivity index (χ4v) is 2.40.